The van der Waals surface area contributed by atoms with Gasteiger partial charge in [-0.3, -0.25) is 9.59 Å². The average Bonchev–Trinajstić information content (AvgIpc) is 2.65. The predicted octanol–water partition coefficient (Wildman–Crippen LogP) is 3.92. The zero-order chi connectivity index (χ0) is 19.4. The molecule has 0 N–H and O–H groups in total. The summed E-state index contributed by atoms with van der Waals surface area (Å²) < 4.78 is 39.1. The summed E-state index contributed by atoms with van der Waals surface area (Å²) in [6, 6.07) is 10.3. The van der Waals surface area contributed by atoms with Crippen LogP contribution >= 0.6 is 11.6 Å². The first kappa shape index (κ1) is 19.1. The van der Waals surface area contributed by atoms with Crippen molar-refractivity contribution in [2.24, 2.45) is 5.92 Å². The predicted molar refractivity (Wildman–Crippen MR) is 92.5 cm³/mol. The lowest BCUT2D eigenvalue weighted by atomic mass is 9.97. The molecule has 27 heavy (non-hydrogen) atoms. The maximum atomic E-state index is 12.2. The highest BCUT2D eigenvalue weighted by atomic mass is 35.5. The van der Waals surface area contributed by atoms with Crippen LogP contribution < -0.4 is 9.47 Å². The summed E-state index contributed by atoms with van der Waals surface area (Å²) in [6.45, 7) is -3.24. The lowest BCUT2D eigenvalue weighted by Gasteiger charge is -2.24. The summed E-state index contributed by atoms with van der Waals surface area (Å²) in [5, 5.41) is 0.542. The summed E-state index contributed by atoms with van der Waals surface area (Å²) in [5.41, 5.74) is 1.03. The third-order valence-corrected chi connectivity index (χ3v) is 4.24. The van der Waals surface area contributed by atoms with Crippen molar-refractivity contribution in [2.45, 2.75) is 13.0 Å². The fourth-order valence-electron chi connectivity index (χ4n) is 2.67. The third kappa shape index (κ3) is 4.95. The summed E-state index contributed by atoms with van der Waals surface area (Å²) in [6.07, 6.45) is 0.405. The Labute approximate surface area is 158 Å². The number of alkyl halides is 2. The molecule has 0 spiro atoms. The second-order valence-electron chi connectivity index (χ2n) is 5.90. The summed E-state index contributed by atoms with van der Waals surface area (Å²) in [4.78, 5) is 24.3. The number of ketones is 1. The Hall–Kier alpha value is -2.67. The van der Waals surface area contributed by atoms with Crippen LogP contribution in [-0.2, 0) is 16.0 Å². The topological polar surface area (TPSA) is 61.8 Å². The zero-order valence-electron chi connectivity index (χ0n) is 14.0. The number of halogens is 3. The molecule has 0 amide bonds. The number of rotatable bonds is 6. The molecule has 1 heterocycles. The molecule has 0 fully saturated rings. The molecule has 2 aromatic rings. The quantitative estimate of drug-likeness (QED) is 0.547. The Balaban J connectivity index is 1.54. The van der Waals surface area contributed by atoms with Crippen LogP contribution in [0.2, 0.25) is 5.02 Å². The molecule has 1 aliphatic heterocycles. The van der Waals surface area contributed by atoms with Crippen molar-refractivity contribution in [3.05, 3.63) is 58.6 Å². The van der Waals surface area contributed by atoms with Crippen LogP contribution in [0.15, 0.2) is 42.5 Å². The lowest BCUT2D eigenvalue weighted by Crippen LogP contribution is -2.31. The molecule has 0 radical (unpaired) electrons. The van der Waals surface area contributed by atoms with Crippen molar-refractivity contribution >= 4 is 23.4 Å². The Bertz CT molecular complexity index is 838. The molecule has 0 aliphatic carbocycles. The molecule has 142 valence electrons. The van der Waals surface area contributed by atoms with E-state index in [2.05, 4.69) is 4.74 Å². The minimum Gasteiger partial charge on any atom is -0.492 e. The van der Waals surface area contributed by atoms with Gasteiger partial charge in [-0.15, -0.1) is 0 Å². The SMILES string of the molecule is O=C(COC(=O)[C@@H]1COc2ccc(Cl)cc2C1)c1ccc(OC(F)F)cc1. The molecule has 3 rings (SSSR count). The lowest BCUT2D eigenvalue weighted by molar-refractivity contribution is -0.148. The minimum absolute atomic E-state index is 0.0600. The number of ether oxygens (including phenoxy) is 3. The molecule has 2 aromatic carbocycles. The second kappa shape index (κ2) is 8.35. The second-order valence-corrected chi connectivity index (χ2v) is 6.33. The van der Waals surface area contributed by atoms with E-state index in [9.17, 15) is 18.4 Å². The van der Waals surface area contributed by atoms with Gasteiger partial charge in [-0.05, 0) is 54.4 Å². The number of carbonyl (C=O) groups excluding carboxylic acids is 2. The molecule has 0 unspecified atom stereocenters. The first-order valence-electron chi connectivity index (χ1n) is 8.08. The highest BCUT2D eigenvalue weighted by molar-refractivity contribution is 6.30. The van der Waals surface area contributed by atoms with Crippen LogP contribution in [0, 0.1) is 5.92 Å². The maximum absolute atomic E-state index is 12.2. The van der Waals surface area contributed by atoms with E-state index in [0.717, 1.165) is 5.56 Å². The van der Waals surface area contributed by atoms with E-state index in [0.29, 0.717) is 17.2 Å². The van der Waals surface area contributed by atoms with Crippen molar-refractivity contribution < 1.29 is 32.6 Å². The van der Waals surface area contributed by atoms with E-state index in [4.69, 9.17) is 21.1 Å². The van der Waals surface area contributed by atoms with Gasteiger partial charge in [0.05, 0.1) is 5.92 Å². The molecule has 1 aliphatic rings. The monoisotopic (exact) mass is 396 g/mol. The highest BCUT2D eigenvalue weighted by Crippen LogP contribution is 2.30. The number of esters is 1. The summed E-state index contributed by atoms with van der Waals surface area (Å²) in [5.74, 6) is -0.926. The fourth-order valence-corrected chi connectivity index (χ4v) is 2.87. The van der Waals surface area contributed by atoms with Gasteiger partial charge in [-0.25, -0.2) is 0 Å². The molecule has 0 saturated heterocycles. The van der Waals surface area contributed by atoms with Crippen molar-refractivity contribution in [1.82, 2.24) is 0 Å². The summed E-state index contributed by atoms with van der Waals surface area (Å²) in [7, 11) is 0. The number of hydrogen-bond donors (Lipinski definition) is 0. The van der Waals surface area contributed by atoms with Crippen molar-refractivity contribution in [1.29, 1.82) is 0 Å². The Kier molecular flexibility index (Phi) is 5.91. The maximum Gasteiger partial charge on any atom is 0.387 e. The molecular weight excluding hydrogens is 382 g/mol. The minimum atomic E-state index is -2.94. The van der Waals surface area contributed by atoms with Crippen LogP contribution in [0.3, 0.4) is 0 Å². The van der Waals surface area contributed by atoms with E-state index < -0.39 is 30.9 Å². The molecule has 0 saturated carbocycles. The number of Topliss-reactive ketones (excluding diaryl/α,β-unsaturated/α-hetero) is 1. The van der Waals surface area contributed by atoms with E-state index in [-0.39, 0.29) is 17.9 Å². The van der Waals surface area contributed by atoms with Gasteiger partial charge in [0.1, 0.15) is 18.1 Å². The molecular formula is C19H15ClF2O5. The van der Waals surface area contributed by atoms with Crippen molar-refractivity contribution in [3.8, 4) is 11.5 Å². The molecule has 1 atom stereocenters. The van der Waals surface area contributed by atoms with Crippen LogP contribution in [0.5, 0.6) is 11.5 Å². The van der Waals surface area contributed by atoms with Crippen LogP contribution in [0.1, 0.15) is 15.9 Å². The number of carbonyl (C=O) groups is 2. The van der Waals surface area contributed by atoms with E-state index in [1.165, 1.54) is 24.3 Å². The number of hydrogen-bond acceptors (Lipinski definition) is 5. The van der Waals surface area contributed by atoms with Gasteiger partial charge in [-0.2, -0.15) is 8.78 Å². The van der Waals surface area contributed by atoms with E-state index in [1.807, 2.05) is 0 Å². The average molecular weight is 397 g/mol. The Morgan fingerprint density at radius 1 is 1.19 bits per heavy atom. The van der Waals surface area contributed by atoms with Gasteiger partial charge < -0.3 is 14.2 Å². The molecule has 5 nitrogen and oxygen atoms in total. The highest BCUT2D eigenvalue weighted by Gasteiger charge is 2.28. The molecule has 0 bridgehead atoms. The van der Waals surface area contributed by atoms with Crippen LogP contribution in [0.4, 0.5) is 8.78 Å². The van der Waals surface area contributed by atoms with Crippen LogP contribution in [0.25, 0.3) is 0 Å². The van der Waals surface area contributed by atoms with Crippen LogP contribution in [-0.4, -0.2) is 31.6 Å². The van der Waals surface area contributed by atoms with Crippen molar-refractivity contribution in [2.75, 3.05) is 13.2 Å². The molecule has 8 heteroatoms. The largest absolute Gasteiger partial charge is 0.492 e. The van der Waals surface area contributed by atoms with E-state index in [1.54, 1.807) is 18.2 Å². The third-order valence-electron chi connectivity index (χ3n) is 4.01. The van der Waals surface area contributed by atoms with E-state index >= 15 is 0 Å². The van der Waals surface area contributed by atoms with Gasteiger partial charge in [0, 0.05) is 10.6 Å². The smallest absolute Gasteiger partial charge is 0.387 e. The zero-order valence-corrected chi connectivity index (χ0v) is 14.7. The number of benzene rings is 2. The molecule has 0 aromatic heterocycles. The van der Waals surface area contributed by atoms with Gasteiger partial charge in [0.15, 0.2) is 12.4 Å². The standard InChI is InChI=1S/C19H15ClF2O5/c20-14-3-6-17-12(8-14)7-13(9-25-17)18(24)26-10-16(23)11-1-4-15(5-2-11)27-19(21)22/h1-6,8,13,19H,7,9-10H2/t13-/m0/s1. The van der Waals surface area contributed by atoms with Gasteiger partial charge in [0.25, 0.3) is 0 Å². The van der Waals surface area contributed by atoms with Crippen molar-refractivity contribution in [3.63, 3.8) is 0 Å². The van der Waals surface area contributed by atoms with Gasteiger partial charge in [-0.1, -0.05) is 11.6 Å². The Morgan fingerprint density at radius 2 is 1.93 bits per heavy atom. The number of fused-ring (bicyclic) bond motifs is 1. The first-order valence-corrected chi connectivity index (χ1v) is 8.46. The normalized spacial score (nSPS) is 15.6. The Morgan fingerprint density at radius 3 is 2.63 bits per heavy atom. The van der Waals surface area contributed by atoms with Gasteiger partial charge >= 0.3 is 12.6 Å². The van der Waals surface area contributed by atoms with Gasteiger partial charge in [0.2, 0.25) is 0 Å². The first-order chi connectivity index (χ1) is 12.9. The fraction of sp³-hybridized carbons (Fsp3) is 0.263. The summed E-state index contributed by atoms with van der Waals surface area (Å²) >= 11 is 5.95.